The standard InChI is InChI=1S/C26H23F2N5O2/c27-26(28)11-15-6-8-33(13-16(15)12-26)25-17(9-14-3-1-2-4-18(14)32-25)20-10-21(34)22-19(31-20)5-7-30-23(22)24(29)35/h1-5,7,9-10,15-16H,6,8,11-13H2,(H2,29,35)(H,31,34)/t15-,16-/m0/s1. The minimum Gasteiger partial charge on any atom is -0.364 e. The summed E-state index contributed by atoms with van der Waals surface area (Å²) in [6.07, 6.45) is 1.95. The molecule has 35 heavy (non-hydrogen) atoms. The normalized spacial score (nSPS) is 21.4. The molecule has 1 saturated heterocycles. The number of hydrogen-bond acceptors (Lipinski definition) is 5. The average Bonchev–Trinajstić information content (AvgIpc) is 3.15. The number of rotatable bonds is 3. The number of fused-ring (bicyclic) bond motifs is 3. The zero-order valence-electron chi connectivity index (χ0n) is 18.8. The molecule has 0 radical (unpaired) electrons. The Bertz CT molecular complexity index is 1550. The van der Waals surface area contributed by atoms with E-state index in [2.05, 4.69) is 14.9 Å². The van der Waals surface area contributed by atoms with Crippen LogP contribution in [0.1, 0.15) is 29.8 Å². The van der Waals surface area contributed by atoms with Gasteiger partial charge >= 0.3 is 0 Å². The van der Waals surface area contributed by atoms with Crippen LogP contribution < -0.4 is 16.1 Å². The van der Waals surface area contributed by atoms with Gasteiger partial charge in [-0.05, 0) is 36.5 Å². The Hall–Kier alpha value is -3.88. The number of carbonyl (C=O) groups excluding carboxylic acids is 1. The molecule has 1 amide bonds. The van der Waals surface area contributed by atoms with Crippen LogP contribution in [0.3, 0.4) is 0 Å². The maximum atomic E-state index is 14.1. The maximum Gasteiger partial charge on any atom is 0.268 e. The molecule has 2 aliphatic rings. The van der Waals surface area contributed by atoms with E-state index in [1.165, 1.54) is 12.3 Å². The molecule has 3 N–H and O–H groups in total. The van der Waals surface area contributed by atoms with Gasteiger partial charge in [0.1, 0.15) is 11.5 Å². The predicted molar refractivity (Wildman–Crippen MR) is 130 cm³/mol. The van der Waals surface area contributed by atoms with E-state index in [0.29, 0.717) is 42.1 Å². The molecule has 9 heteroatoms. The second-order valence-electron chi connectivity index (χ2n) is 9.56. The number of aromatic nitrogens is 3. The molecule has 0 bridgehead atoms. The fraction of sp³-hybridized carbons (Fsp3) is 0.308. The number of pyridine rings is 3. The van der Waals surface area contributed by atoms with Gasteiger partial charge in [0, 0.05) is 49.1 Å². The smallest absolute Gasteiger partial charge is 0.268 e. The third-order valence-electron chi connectivity index (χ3n) is 7.28. The van der Waals surface area contributed by atoms with E-state index in [0.717, 1.165) is 10.9 Å². The minimum atomic E-state index is -2.61. The van der Waals surface area contributed by atoms with Gasteiger partial charge in [-0.25, -0.2) is 13.8 Å². The molecule has 0 spiro atoms. The largest absolute Gasteiger partial charge is 0.364 e. The summed E-state index contributed by atoms with van der Waals surface area (Å²) < 4.78 is 28.2. The number of anilines is 1. The van der Waals surface area contributed by atoms with Crippen LogP contribution in [0.4, 0.5) is 14.6 Å². The van der Waals surface area contributed by atoms with E-state index in [1.54, 1.807) is 6.07 Å². The van der Waals surface area contributed by atoms with Crippen LogP contribution in [0.2, 0.25) is 0 Å². The number of carbonyl (C=O) groups is 1. The number of nitrogens with two attached hydrogens (primary N) is 1. The fourth-order valence-corrected chi connectivity index (χ4v) is 5.70. The molecule has 4 aromatic rings. The number of hydrogen-bond donors (Lipinski definition) is 2. The number of nitrogens with zero attached hydrogens (tertiary/aromatic N) is 3. The van der Waals surface area contributed by atoms with Crippen molar-refractivity contribution < 1.29 is 13.6 Å². The Morgan fingerprint density at radius 1 is 1.14 bits per heavy atom. The van der Waals surface area contributed by atoms with Crippen molar-refractivity contribution in [3.05, 3.63) is 64.6 Å². The third kappa shape index (κ3) is 3.71. The van der Waals surface area contributed by atoms with Crippen LogP contribution in [0, 0.1) is 11.8 Å². The van der Waals surface area contributed by atoms with Gasteiger partial charge in [0.2, 0.25) is 5.92 Å². The molecule has 2 atom stereocenters. The summed E-state index contributed by atoms with van der Waals surface area (Å²) in [5, 5.41) is 1.02. The minimum absolute atomic E-state index is 0.0188. The number of para-hydroxylation sites is 1. The maximum absolute atomic E-state index is 14.1. The first-order chi connectivity index (χ1) is 16.8. The molecule has 1 aliphatic heterocycles. The van der Waals surface area contributed by atoms with Crippen molar-refractivity contribution in [1.29, 1.82) is 0 Å². The Balaban J connectivity index is 1.51. The fourth-order valence-electron chi connectivity index (χ4n) is 5.70. The van der Waals surface area contributed by atoms with E-state index in [-0.39, 0.29) is 41.2 Å². The van der Waals surface area contributed by atoms with Gasteiger partial charge in [0.15, 0.2) is 5.43 Å². The summed E-state index contributed by atoms with van der Waals surface area (Å²) in [7, 11) is 0. The number of alkyl halides is 2. The highest BCUT2D eigenvalue weighted by Gasteiger charge is 2.48. The molecule has 1 aromatic carbocycles. The van der Waals surface area contributed by atoms with Crippen LogP contribution in [0.15, 0.2) is 53.5 Å². The first kappa shape index (κ1) is 21.6. The van der Waals surface area contributed by atoms with Crippen LogP contribution in [-0.2, 0) is 0 Å². The number of nitrogens with one attached hydrogen (secondary N) is 1. The van der Waals surface area contributed by atoms with Gasteiger partial charge in [-0.15, -0.1) is 0 Å². The lowest BCUT2D eigenvalue weighted by atomic mass is 9.88. The van der Waals surface area contributed by atoms with Crippen LogP contribution in [0.25, 0.3) is 33.1 Å². The quantitative estimate of drug-likeness (QED) is 0.464. The number of piperidine rings is 1. The van der Waals surface area contributed by atoms with Crippen LogP contribution in [0.5, 0.6) is 0 Å². The van der Waals surface area contributed by atoms with Gasteiger partial charge in [0.25, 0.3) is 5.91 Å². The summed E-state index contributed by atoms with van der Waals surface area (Å²) in [5.41, 5.74) is 7.39. The second-order valence-corrected chi connectivity index (χ2v) is 9.56. The molecule has 1 saturated carbocycles. The van der Waals surface area contributed by atoms with Crippen molar-refractivity contribution in [2.45, 2.75) is 25.2 Å². The summed E-state index contributed by atoms with van der Waals surface area (Å²) in [4.78, 5) is 39.1. The lowest BCUT2D eigenvalue weighted by Crippen LogP contribution is -2.39. The average molecular weight is 475 g/mol. The van der Waals surface area contributed by atoms with Gasteiger partial charge < -0.3 is 15.6 Å². The first-order valence-corrected chi connectivity index (χ1v) is 11.6. The Labute approximate surface area is 199 Å². The number of amides is 1. The van der Waals surface area contributed by atoms with Gasteiger partial charge in [-0.3, -0.25) is 14.6 Å². The topological polar surface area (TPSA) is 105 Å². The van der Waals surface area contributed by atoms with Crippen molar-refractivity contribution in [2.24, 2.45) is 17.6 Å². The summed E-state index contributed by atoms with van der Waals surface area (Å²) in [6, 6.07) is 12.7. The Kier molecular flexibility index (Phi) is 4.84. The van der Waals surface area contributed by atoms with Crippen molar-refractivity contribution >= 4 is 33.5 Å². The van der Waals surface area contributed by atoms with Crippen LogP contribution >= 0.6 is 0 Å². The predicted octanol–water partition coefficient (Wildman–Crippen LogP) is 4.11. The van der Waals surface area contributed by atoms with Crippen molar-refractivity contribution in [2.75, 3.05) is 18.0 Å². The number of benzene rings is 1. The Morgan fingerprint density at radius 3 is 2.77 bits per heavy atom. The Morgan fingerprint density at radius 2 is 1.94 bits per heavy atom. The highest BCUT2D eigenvalue weighted by Crippen LogP contribution is 2.48. The van der Waals surface area contributed by atoms with E-state index in [4.69, 9.17) is 10.7 Å². The van der Waals surface area contributed by atoms with E-state index in [9.17, 15) is 18.4 Å². The number of primary amides is 1. The highest BCUT2D eigenvalue weighted by molar-refractivity contribution is 6.04. The molecule has 2 fully saturated rings. The van der Waals surface area contributed by atoms with Gasteiger partial charge in [-0.2, -0.15) is 0 Å². The summed E-state index contributed by atoms with van der Waals surface area (Å²) >= 11 is 0. The van der Waals surface area contributed by atoms with E-state index < -0.39 is 11.8 Å². The number of aromatic amines is 1. The number of H-pyrrole nitrogens is 1. The molecular weight excluding hydrogens is 452 g/mol. The lowest BCUT2D eigenvalue weighted by molar-refractivity contribution is 0.00300. The zero-order valence-corrected chi connectivity index (χ0v) is 18.8. The number of halogens is 2. The van der Waals surface area contributed by atoms with Crippen molar-refractivity contribution in [1.82, 2.24) is 15.0 Å². The molecular formula is C26H23F2N5O2. The lowest BCUT2D eigenvalue weighted by Gasteiger charge is -2.36. The van der Waals surface area contributed by atoms with Gasteiger partial charge in [0.05, 0.1) is 22.1 Å². The van der Waals surface area contributed by atoms with E-state index in [1.807, 2.05) is 30.3 Å². The monoisotopic (exact) mass is 475 g/mol. The molecule has 7 nitrogen and oxygen atoms in total. The molecule has 1 aliphatic carbocycles. The van der Waals surface area contributed by atoms with Gasteiger partial charge in [-0.1, -0.05) is 18.2 Å². The summed E-state index contributed by atoms with van der Waals surface area (Å²) in [6.45, 7) is 1.11. The SMILES string of the molecule is NC(=O)c1nccc2[nH]c(-c3cc4ccccc4nc3N3CC[C@H]4CC(F)(F)C[C@H]4C3)cc(=O)c12. The van der Waals surface area contributed by atoms with Crippen molar-refractivity contribution in [3.63, 3.8) is 0 Å². The molecule has 3 aromatic heterocycles. The summed E-state index contributed by atoms with van der Waals surface area (Å²) in [5.74, 6) is -2.82. The van der Waals surface area contributed by atoms with Crippen LogP contribution in [-0.4, -0.2) is 39.9 Å². The first-order valence-electron chi connectivity index (χ1n) is 11.6. The molecule has 178 valence electrons. The second kappa shape index (κ2) is 7.83. The van der Waals surface area contributed by atoms with Crippen molar-refractivity contribution in [3.8, 4) is 11.3 Å². The van der Waals surface area contributed by atoms with E-state index >= 15 is 0 Å². The molecule has 0 unspecified atom stereocenters. The molecule has 6 rings (SSSR count). The molecule has 4 heterocycles. The zero-order chi connectivity index (χ0) is 24.3. The third-order valence-corrected chi connectivity index (χ3v) is 7.28. The highest BCUT2D eigenvalue weighted by atomic mass is 19.3.